The summed E-state index contributed by atoms with van der Waals surface area (Å²) in [5.74, 6) is 0.995. The SMILES string of the molecule is Fc1ccccc1OC1CCN(c2ccc(-c3cccnc3)cn2)CC1. The first-order chi connectivity index (χ1) is 12.8. The van der Waals surface area contributed by atoms with Crippen LogP contribution in [0.25, 0.3) is 11.1 Å². The highest BCUT2D eigenvalue weighted by Gasteiger charge is 2.22. The van der Waals surface area contributed by atoms with Gasteiger partial charge in [0.25, 0.3) is 0 Å². The van der Waals surface area contributed by atoms with Crippen molar-refractivity contribution in [3.8, 4) is 16.9 Å². The second-order valence-corrected chi connectivity index (χ2v) is 6.38. The maximum atomic E-state index is 13.7. The fraction of sp³-hybridized carbons (Fsp3) is 0.238. The molecule has 1 fully saturated rings. The third kappa shape index (κ3) is 3.67. The third-order valence-electron chi connectivity index (χ3n) is 4.64. The Kier molecular flexibility index (Phi) is 4.78. The Morgan fingerprint density at radius 1 is 0.923 bits per heavy atom. The van der Waals surface area contributed by atoms with Gasteiger partial charge in [0.05, 0.1) is 0 Å². The number of hydrogen-bond donors (Lipinski definition) is 0. The molecule has 0 radical (unpaired) electrons. The van der Waals surface area contributed by atoms with Crippen molar-refractivity contribution in [1.82, 2.24) is 9.97 Å². The molecule has 0 bridgehead atoms. The molecule has 0 unspecified atom stereocenters. The summed E-state index contributed by atoms with van der Waals surface area (Å²) in [6, 6.07) is 14.6. The Labute approximate surface area is 152 Å². The number of pyridine rings is 2. The van der Waals surface area contributed by atoms with Crippen LogP contribution in [0.15, 0.2) is 67.1 Å². The molecule has 0 amide bonds. The van der Waals surface area contributed by atoms with Crippen LogP contribution in [0.5, 0.6) is 5.75 Å². The zero-order valence-corrected chi connectivity index (χ0v) is 14.4. The molecule has 1 aromatic carbocycles. The van der Waals surface area contributed by atoms with Crippen LogP contribution < -0.4 is 9.64 Å². The van der Waals surface area contributed by atoms with Crippen molar-refractivity contribution >= 4 is 5.82 Å². The van der Waals surface area contributed by atoms with Gasteiger partial charge in [0, 0.05) is 55.6 Å². The monoisotopic (exact) mass is 349 g/mol. The molecule has 0 atom stereocenters. The number of halogens is 1. The summed E-state index contributed by atoms with van der Waals surface area (Å²) in [5.41, 5.74) is 2.11. The number of hydrogen-bond acceptors (Lipinski definition) is 4. The molecule has 0 aliphatic carbocycles. The van der Waals surface area contributed by atoms with Crippen LogP contribution in [0, 0.1) is 5.82 Å². The van der Waals surface area contributed by atoms with E-state index in [1.54, 1.807) is 24.4 Å². The minimum absolute atomic E-state index is 0.0396. The van der Waals surface area contributed by atoms with Crippen LogP contribution in [0.1, 0.15) is 12.8 Å². The summed E-state index contributed by atoms with van der Waals surface area (Å²) in [5, 5.41) is 0. The number of ether oxygens (including phenoxy) is 1. The molecule has 26 heavy (non-hydrogen) atoms. The maximum Gasteiger partial charge on any atom is 0.165 e. The molecule has 1 aliphatic heterocycles. The highest BCUT2D eigenvalue weighted by molar-refractivity contribution is 5.62. The van der Waals surface area contributed by atoms with Gasteiger partial charge in [-0.2, -0.15) is 0 Å². The average molecular weight is 349 g/mol. The number of anilines is 1. The summed E-state index contributed by atoms with van der Waals surface area (Å²) < 4.78 is 19.5. The topological polar surface area (TPSA) is 38.2 Å². The second-order valence-electron chi connectivity index (χ2n) is 6.38. The summed E-state index contributed by atoms with van der Waals surface area (Å²) in [7, 11) is 0. The van der Waals surface area contributed by atoms with Crippen LogP contribution in [0.4, 0.5) is 10.2 Å². The zero-order chi connectivity index (χ0) is 17.8. The third-order valence-corrected chi connectivity index (χ3v) is 4.64. The van der Waals surface area contributed by atoms with Gasteiger partial charge in [-0.15, -0.1) is 0 Å². The fourth-order valence-electron chi connectivity index (χ4n) is 3.20. The van der Waals surface area contributed by atoms with Crippen molar-refractivity contribution in [3.05, 3.63) is 72.9 Å². The fourth-order valence-corrected chi connectivity index (χ4v) is 3.20. The number of rotatable bonds is 4. The number of benzene rings is 1. The standard InChI is InChI=1S/C21H20FN3O/c22-19-5-1-2-6-20(19)26-18-9-12-25(13-10-18)21-8-7-17(15-24-21)16-4-3-11-23-14-16/h1-8,11,14-15,18H,9-10,12-13H2. The van der Waals surface area contributed by atoms with Crippen molar-refractivity contribution in [2.75, 3.05) is 18.0 Å². The smallest absolute Gasteiger partial charge is 0.165 e. The van der Waals surface area contributed by atoms with Crippen LogP contribution in [0.3, 0.4) is 0 Å². The van der Waals surface area contributed by atoms with Gasteiger partial charge >= 0.3 is 0 Å². The van der Waals surface area contributed by atoms with Gasteiger partial charge in [-0.25, -0.2) is 9.37 Å². The predicted molar refractivity (Wildman–Crippen MR) is 99.7 cm³/mol. The molecule has 0 saturated carbocycles. The van der Waals surface area contributed by atoms with E-state index in [2.05, 4.69) is 20.9 Å². The maximum absolute atomic E-state index is 13.7. The summed E-state index contributed by atoms with van der Waals surface area (Å²) in [6.45, 7) is 1.69. The van der Waals surface area contributed by atoms with Gasteiger partial charge in [-0.3, -0.25) is 4.98 Å². The Morgan fingerprint density at radius 2 is 1.73 bits per heavy atom. The van der Waals surface area contributed by atoms with E-state index in [-0.39, 0.29) is 11.9 Å². The first-order valence-electron chi connectivity index (χ1n) is 8.82. The van der Waals surface area contributed by atoms with E-state index in [9.17, 15) is 4.39 Å². The average Bonchev–Trinajstić information content (AvgIpc) is 2.71. The molecular formula is C21H20FN3O. The molecule has 0 spiro atoms. The molecule has 2 aromatic heterocycles. The van der Waals surface area contributed by atoms with Crippen molar-refractivity contribution in [2.45, 2.75) is 18.9 Å². The van der Waals surface area contributed by atoms with Crippen LogP contribution in [-0.2, 0) is 0 Å². The molecule has 1 saturated heterocycles. The molecule has 0 N–H and O–H groups in total. The minimum atomic E-state index is -0.303. The van der Waals surface area contributed by atoms with Gasteiger partial charge in [-0.1, -0.05) is 18.2 Å². The van der Waals surface area contributed by atoms with Crippen molar-refractivity contribution in [2.24, 2.45) is 0 Å². The van der Waals surface area contributed by atoms with E-state index in [1.165, 1.54) is 6.07 Å². The van der Waals surface area contributed by atoms with Crippen LogP contribution >= 0.6 is 0 Å². The van der Waals surface area contributed by atoms with E-state index in [0.29, 0.717) is 5.75 Å². The predicted octanol–water partition coefficient (Wildman–Crippen LogP) is 4.33. The molecule has 3 heterocycles. The normalized spacial score (nSPS) is 15.0. The molecule has 4 nitrogen and oxygen atoms in total. The quantitative estimate of drug-likeness (QED) is 0.703. The van der Waals surface area contributed by atoms with E-state index >= 15 is 0 Å². The number of nitrogens with zero attached hydrogens (tertiary/aromatic N) is 3. The minimum Gasteiger partial charge on any atom is -0.487 e. The number of aromatic nitrogens is 2. The van der Waals surface area contributed by atoms with Crippen molar-refractivity contribution in [3.63, 3.8) is 0 Å². The summed E-state index contributed by atoms with van der Waals surface area (Å²) in [6.07, 6.45) is 7.22. The number of para-hydroxylation sites is 1. The van der Waals surface area contributed by atoms with Crippen LogP contribution in [0.2, 0.25) is 0 Å². The van der Waals surface area contributed by atoms with Crippen LogP contribution in [-0.4, -0.2) is 29.2 Å². The largest absolute Gasteiger partial charge is 0.487 e. The molecule has 132 valence electrons. The highest BCUT2D eigenvalue weighted by Crippen LogP contribution is 2.25. The second kappa shape index (κ2) is 7.52. The Hall–Kier alpha value is -2.95. The van der Waals surface area contributed by atoms with E-state index < -0.39 is 0 Å². The van der Waals surface area contributed by atoms with Crippen molar-refractivity contribution < 1.29 is 9.13 Å². The van der Waals surface area contributed by atoms with E-state index in [1.807, 2.05) is 30.6 Å². The van der Waals surface area contributed by atoms with E-state index in [0.717, 1.165) is 42.9 Å². The summed E-state index contributed by atoms with van der Waals surface area (Å²) in [4.78, 5) is 11.0. The van der Waals surface area contributed by atoms with Gasteiger partial charge in [0.2, 0.25) is 0 Å². The molecular weight excluding hydrogens is 329 g/mol. The Balaban J connectivity index is 1.37. The number of piperidine rings is 1. The van der Waals surface area contributed by atoms with Gasteiger partial charge in [0.1, 0.15) is 11.9 Å². The van der Waals surface area contributed by atoms with Gasteiger partial charge < -0.3 is 9.64 Å². The highest BCUT2D eigenvalue weighted by atomic mass is 19.1. The molecule has 1 aliphatic rings. The molecule has 3 aromatic rings. The zero-order valence-electron chi connectivity index (χ0n) is 14.4. The lowest BCUT2D eigenvalue weighted by atomic mass is 10.1. The Morgan fingerprint density at radius 3 is 2.42 bits per heavy atom. The van der Waals surface area contributed by atoms with Gasteiger partial charge in [-0.05, 0) is 30.3 Å². The lowest BCUT2D eigenvalue weighted by Gasteiger charge is -2.33. The van der Waals surface area contributed by atoms with E-state index in [4.69, 9.17) is 4.74 Å². The lowest BCUT2D eigenvalue weighted by molar-refractivity contribution is 0.163. The first-order valence-corrected chi connectivity index (χ1v) is 8.82. The Bertz CT molecular complexity index is 847. The van der Waals surface area contributed by atoms with Gasteiger partial charge in [0.15, 0.2) is 11.6 Å². The lowest BCUT2D eigenvalue weighted by Crippen LogP contribution is -2.38. The summed E-state index contributed by atoms with van der Waals surface area (Å²) >= 11 is 0. The molecule has 4 rings (SSSR count). The first kappa shape index (κ1) is 16.5. The molecule has 5 heteroatoms. The van der Waals surface area contributed by atoms with Crippen molar-refractivity contribution in [1.29, 1.82) is 0 Å².